The van der Waals surface area contributed by atoms with Crippen LogP contribution < -0.4 is 4.74 Å². The fraction of sp³-hybridized carbons (Fsp3) is 0.265. The molecule has 0 bridgehead atoms. The van der Waals surface area contributed by atoms with Crippen molar-refractivity contribution in [3.63, 3.8) is 0 Å². The van der Waals surface area contributed by atoms with Crippen LogP contribution in [0.1, 0.15) is 49.3 Å². The molecule has 4 heteroatoms. The first-order valence-corrected chi connectivity index (χ1v) is 13.5. The van der Waals surface area contributed by atoms with Crippen molar-refractivity contribution in [1.82, 2.24) is 4.90 Å². The Bertz CT molecular complexity index is 1220. The third-order valence-corrected chi connectivity index (χ3v) is 6.52. The smallest absolute Gasteiger partial charge is 0.344 e. The molecule has 0 saturated heterocycles. The molecule has 0 aliphatic carbocycles. The SMILES string of the molecule is CC/C=C1/C=CC(C(c2ccccc2)c2ccccc2)=CN1CCCc1cccc(OCC(=O)OCC)c1. The minimum absolute atomic E-state index is 0.0693. The van der Waals surface area contributed by atoms with Gasteiger partial charge in [-0.3, -0.25) is 0 Å². The highest BCUT2D eigenvalue weighted by atomic mass is 16.6. The Morgan fingerprint density at radius 3 is 2.26 bits per heavy atom. The highest BCUT2D eigenvalue weighted by Gasteiger charge is 2.21. The van der Waals surface area contributed by atoms with Gasteiger partial charge in [0.2, 0.25) is 0 Å². The fourth-order valence-electron chi connectivity index (χ4n) is 4.79. The molecule has 0 N–H and O–H groups in total. The van der Waals surface area contributed by atoms with Crippen molar-refractivity contribution in [2.45, 2.75) is 39.0 Å². The molecule has 196 valence electrons. The van der Waals surface area contributed by atoms with Gasteiger partial charge in [0.15, 0.2) is 6.61 Å². The zero-order valence-corrected chi connectivity index (χ0v) is 22.4. The standard InChI is InChI=1S/C34H37NO3/c1-3-13-31-22-21-30(34(28-16-7-5-8-17-28)29-18-9-6-10-19-29)25-35(31)23-12-15-27-14-11-20-32(24-27)38-26-33(36)37-4-2/h5-11,13-14,16-22,24-25,34H,3-4,12,15,23,26H2,1-2H3/b31-13-. The van der Waals surface area contributed by atoms with Crippen molar-refractivity contribution in [3.05, 3.63) is 137 Å². The summed E-state index contributed by atoms with van der Waals surface area (Å²) in [5.41, 5.74) is 6.29. The number of rotatable bonds is 12. The molecular formula is C34H37NO3. The lowest BCUT2D eigenvalue weighted by Gasteiger charge is -2.30. The van der Waals surface area contributed by atoms with Crippen LogP contribution in [0.4, 0.5) is 0 Å². The topological polar surface area (TPSA) is 38.8 Å². The molecule has 0 amide bonds. The molecule has 0 atom stereocenters. The van der Waals surface area contributed by atoms with E-state index in [1.54, 1.807) is 6.92 Å². The monoisotopic (exact) mass is 507 g/mol. The highest BCUT2D eigenvalue weighted by molar-refractivity contribution is 5.71. The van der Waals surface area contributed by atoms with E-state index in [4.69, 9.17) is 9.47 Å². The van der Waals surface area contributed by atoms with E-state index in [1.165, 1.54) is 28.0 Å². The van der Waals surface area contributed by atoms with E-state index in [0.29, 0.717) is 12.4 Å². The third-order valence-electron chi connectivity index (χ3n) is 6.52. The van der Waals surface area contributed by atoms with E-state index in [-0.39, 0.29) is 18.5 Å². The molecule has 3 aromatic carbocycles. The Balaban J connectivity index is 1.48. The minimum Gasteiger partial charge on any atom is -0.482 e. The van der Waals surface area contributed by atoms with Gasteiger partial charge in [-0.15, -0.1) is 0 Å². The maximum atomic E-state index is 11.6. The maximum Gasteiger partial charge on any atom is 0.344 e. The van der Waals surface area contributed by atoms with Gasteiger partial charge in [0.25, 0.3) is 0 Å². The van der Waals surface area contributed by atoms with Crippen LogP contribution in [0.2, 0.25) is 0 Å². The zero-order valence-electron chi connectivity index (χ0n) is 22.4. The van der Waals surface area contributed by atoms with E-state index in [9.17, 15) is 4.79 Å². The number of benzene rings is 3. The molecule has 0 saturated carbocycles. The summed E-state index contributed by atoms with van der Waals surface area (Å²) in [6, 6.07) is 29.4. The number of hydrogen-bond acceptors (Lipinski definition) is 4. The molecule has 38 heavy (non-hydrogen) atoms. The number of aryl methyl sites for hydroxylation is 1. The number of esters is 1. The van der Waals surface area contributed by atoms with Gasteiger partial charge in [-0.1, -0.05) is 91.9 Å². The van der Waals surface area contributed by atoms with Crippen LogP contribution in [0.15, 0.2) is 121 Å². The normalized spacial score (nSPS) is 14.0. The number of nitrogens with zero attached hydrogens (tertiary/aromatic N) is 1. The number of carbonyl (C=O) groups excluding carboxylic acids is 1. The lowest BCUT2D eigenvalue weighted by Crippen LogP contribution is -2.22. The van der Waals surface area contributed by atoms with Gasteiger partial charge < -0.3 is 14.4 Å². The highest BCUT2D eigenvalue weighted by Crippen LogP contribution is 2.35. The Hall–Kier alpha value is -4.05. The molecule has 0 fully saturated rings. The molecule has 0 radical (unpaired) electrons. The first-order chi connectivity index (χ1) is 18.7. The summed E-state index contributed by atoms with van der Waals surface area (Å²) >= 11 is 0. The quantitative estimate of drug-likeness (QED) is 0.239. The van der Waals surface area contributed by atoms with Gasteiger partial charge in [0, 0.05) is 24.4 Å². The Labute approximate surface area is 226 Å². The van der Waals surface area contributed by atoms with Crippen molar-refractivity contribution in [2.75, 3.05) is 19.8 Å². The van der Waals surface area contributed by atoms with Gasteiger partial charge in [0.1, 0.15) is 5.75 Å². The number of hydrogen-bond donors (Lipinski definition) is 0. The van der Waals surface area contributed by atoms with E-state index in [0.717, 1.165) is 25.8 Å². The van der Waals surface area contributed by atoms with Crippen LogP contribution in [0.5, 0.6) is 5.75 Å². The molecule has 1 aliphatic heterocycles. The van der Waals surface area contributed by atoms with E-state index in [2.05, 4.69) is 103 Å². The van der Waals surface area contributed by atoms with Gasteiger partial charge in [-0.25, -0.2) is 4.79 Å². The van der Waals surface area contributed by atoms with Gasteiger partial charge >= 0.3 is 5.97 Å². The lowest BCUT2D eigenvalue weighted by atomic mass is 9.84. The zero-order chi connectivity index (χ0) is 26.6. The van der Waals surface area contributed by atoms with E-state index < -0.39 is 0 Å². The summed E-state index contributed by atoms with van der Waals surface area (Å²) in [6.07, 6.45) is 12.0. The Morgan fingerprint density at radius 1 is 0.895 bits per heavy atom. The molecule has 4 rings (SSSR count). The van der Waals surface area contributed by atoms with E-state index in [1.807, 2.05) is 18.2 Å². The van der Waals surface area contributed by atoms with Crippen LogP contribution in [0.3, 0.4) is 0 Å². The molecule has 3 aromatic rings. The van der Waals surface area contributed by atoms with Crippen molar-refractivity contribution >= 4 is 5.97 Å². The van der Waals surface area contributed by atoms with Crippen LogP contribution in [0, 0.1) is 0 Å². The minimum atomic E-state index is -0.349. The lowest BCUT2D eigenvalue weighted by molar-refractivity contribution is -0.145. The third kappa shape index (κ3) is 7.48. The van der Waals surface area contributed by atoms with Crippen LogP contribution in [0.25, 0.3) is 0 Å². The van der Waals surface area contributed by atoms with Gasteiger partial charge in [-0.2, -0.15) is 0 Å². The Morgan fingerprint density at radius 2 is 1.61 bits per heavy atom. The predicted molar refractivity (Wildman–Crippen MR) is 154 cm³/mol. The molecular weight excluding hydrogens is 470 g/mol. The maximum absolute atomic E-state index is 11.6. The molecule has 0 unspecified atom stereocenters. The number of carbonyl (C=O) groups is 1. The summed E-state index contributed by atoms with van der Waals surface area (Å²) in [7, 11) is 0. The summed E-state index contributed by atoms with van der Waals surface area (Å²) in [5.74, 6) is 0.518. The largest absolute Gasteiger partial charge is 0.482 e. The number of ether oxygens (including phenoxy) is 2. The van der Waals surface area contributed by atoms with Gasteiger partial charge in [-0.05, 0) is 66.7 Å². The fourth-order valence-corrected chi connectivity index (χ4v) is 4.79. The second-order valence-electron chi connectivity index (χ2n) is 9.29. The molecule has 1 heterocycles. The van der Waals surface area contributed by atoms with Crippen LogP contribution >= 0.6 is 0 Å². The summed E-state index contributed by atoms with van der Waals surface area (Å²) in [5, 5.41) is 0. The molecule has 0 aromatic heterocycles. The van der Waals surface area contributed by atoms with Crippen molar-refractivity contribution in [2.24, 2.45) is 0 Å². The molecule has 1 aliphatic rings. The summed E-state index contributed by atoms with van der Waals surface area (Å²) in [6.45, 7) is 5.16. The second-order valence-corrected chi connectivity index (χ2v) is 9.29. The first-order valence-electron chi connectivity index (χ1n) is 13.5. The Kier molecular flexibility index (Phi) is 9.97. The summed E-state index contributed by atoms with van der Waals surface area (Å²) < 4.78 is 10.6. The average molecular weight is 508 g/mol. The van der Waals surface area contributed by atoms with Crippen molar-refractivity contribution in [1.29, 1.82) is 0 Å². The van der Waals surface area contributed by atoms with Crippen LogP contribution in [-0.2, 0) is 16.0 Å². The number of allylic oxidation sites excluding steroid dienone is 4. The average Bonchev–Trinajstić information content (AvgIpc) is 2.95. The van der Waals surface area contributed by atoms with E-state index >= 15 is 0 Å². The van der Waals surface area contributed by atoms with Crippen LogP contribution in [-0.4, -0.2) is 30.6 Å². The molecule has 0 spiro atoms. The van der Waals surface area contributed by atoms with Gasteiger partial charge in [0.05, 0.1) is 6.61 Å². The predicted octanol–water partition coefficient (Wildman–Crippen LogP) is 7.44. The van der Waals surface area contributed by atoms with Crippen molar-refractivity contribution in [3.8, 4) is 5.75 Å². The molecule has 4 nitrogen and oxygen atoms in total. The summed E-state index contributed by atoms with van der Waals surface area (Å²) in [4.78, 5) is 14.0. The van der Waals surface area contributed by atoms with Crippen molar-refractivity contribution < 1.29 is 14.3 Å². The second kappa shape index (κ2) is 14.0. The first kappa shape index (κ1) is 27.0.